The van der Waals surface area contributed by atoms with Gasteiger partial charge in [0.05, 0.1) is 6.54 Å². The minimum Gasteiger partial charge on any atom is -0.268 e. The summed E-state index contributed by atoms with van der Waals surface area (Å²) in [6.07, 6.45) is 4.89. The SMILES string of the molecule is CCc1ccc(Cn2cccn2)cc1. The smallest absolute Gasteiger partial charge is 0.0659 e. The minimum atomic E-state index is 0.858. The first-order valence-corrected chi connectivity index (χ1v) is 4.93. The normalized spacial score (nSPS) is 10.4. The van der Waals surface area contributed by atoms with Crippen molar-refractivity contribution in [3.8, 4) is 0 Å². The molecule has 0 aliphatic rings. The Morgan fingerprint density at radius 2 is 1.86 bits per heavy atom. The predicted molar refractivity (Wildman–Crippen MR) is 57.1 cm³/mol. The van der Waals surface area contributed by atoms with Crippen molar-refractivity contribution in [2.75, 3.05) is 0 Å². The Morgan fingerprint density at radius 3 is 2.43 bits per heavy atom. The van der Waals surface area contributed by atoms with Crippen LogP contribution >= 0.6 is 0 Å². The van der Waals surface area contributed by atoms with Crippen LogP contribution in [-0.4, -0.2) is 9.78 Å². The minimum absolute atomic E-state index is 0.858. The van der Waals surface area contributed by atoms with Gasteiger partial charge in [-0.25, -0.2) is 0 Å². The van der Waals surface area contributed by atoms with Gasteiger partial charge in [-0.15, -0.1) is 0 Å². The van der Waals surface area contributed by atoms with Crippen LogP contribution < -0.4 is 0 Å². The molecule has 2 nitrogen and oxygen atoms in total. The summed E-state index contributed by atoms with van der Waals surface area (Å²) in [5.74, 6) is 0. The molecule has 2 rings (SSSR count). The van der Waals surface area contributed by atoms with E-state index in [0.29, 0.717) is 0 Å². The Morgan fingerprint density at radius 1 is 1.14 bits per heavy atom. The molecule has 0 aliphatic carbocycles. The van der Waals surface area contributed by atoms with E-state index in [0.717, 1.165) is 13.0 Å². The standard InChI is InChI=1S/C12H14N2/c1-2-11-4-6-12(7-5-11)10-14-9-3-8-13-14/h3-9H,2,10H2,1H3. The molecule has 72 valence electrons. The summed E-state index contributed by atoms with van der Waals surface area (Å²) in [6, 6.07) is 10.6. The predicted octanol–water partition coefficient (Wildman–Crippen LogP) is 2.49. The summed E-state index contributed by atoms with van der Waals surface area (Å²) in [6.45, 7) is 3.03. The lowest BCUT2D eigenvalue weighted by molar-refractivity contribution is 0.686. The van der Waals surface area contributed by atoms with Crippen LogP contribution in [0.1, 0.15) is 18.1 Å². The lowest BCUT2D eigenvalue weighted by Crippen LogP contribution is -1.99. The summed E-state index contributed by atoms with van der Waals surface area (Å²) in [7, 11) is 0. The van der Waals surface area contributed by atoms with Gasteiger partial charge >= 0.3 is 0 Å². The first-order valence-electron chi connectivity index (χ1n) is 4.93. The molecule has 0 aliphatic heterocycles. The van der Waals surface area contributed by atoms with Crippen molar-refractivity contribution in [1.82, 2.24) is 9.78 Å². The third kappa shape index (κ3) is 2.02. The molecule has 0 fully saturated rings. The molecule has 1 aromatic heterocycles. The zero-order chi connectivity index (χ0) is 9.80. The third-order valence-corrected chi connectivity index (χ3v) is 2.33. The molecule has 0 unspecified atom stereocenters. The summed E-state index contributed by atoms with van der Waals surface area (Å²) >= 11 is 0. The van der Waals surface area contributed by atoms with Crippen molar-refractivity contribution >= 4 is 0 Å². The van der Waals surface area contributed by atoms with E-state index in [1.54, 1.807) is 6.20 Å². The van der Waals surface area contributed by atoms with Gasteiger partial charge in [-0.3, -0.25) is 4.68 Å². The van der Waals surface area contributed by atoms with E-state index < -0.39 is 0 Å². The van der Waals surface area contributed by atoms with E-state index in [1.165, 1.54) is 11.1 Å². The Balaban J connectivity index is 2.10. The van der Waals surface area contributed by atoms with Gasteiger partial charge in [-0.05, 0) is 23.6 Å². The van der Waals surface area contributed by atoms with Gasteiger partial charge in [0.1, 0.15) is 0 Å². The molecule has 1 aromatic carbocycles. The lowest BCUT2D eigenvalue weighted by atomic mass is 10.1. The van der Waals surface area contributed by atoms with E-state index in [2.05, 4.69) is 36.3 Å². The van der Waals surface area contributed by atoms with Crippen LogP contribution in [0.15, 0.2) is 42.7 Å². The van der Waals surface area contributed by atoms with Gasteiger partial charge < -0.3 is 0 Å². The van der Waals surface area contributed by atoms with Crippen LogP contribution in [0.4, 0.5) is 0 Å². The molecular weight excluding hydrogens is 172 g/mol. The average molecular weight is 186 g/mol. The first-order chi connectivity index (χ1) is 6.88. The summed E-state index contributed by atoms with van der Waals surface area (Å²) in [5, 5.41) is 4.17. The summed E-state index contributed by atoms with van der Waals surface area (Å²) < 4.78 is 1.93. The molecule has 0 amide bonds. The highest BCUT2D eigenvalue weighted by Crippen LogP contribution is 2.06. The van der Waals surface area contributed by atoms with Crippen LogP contribution in [0.25, 0.3) is 0 Å². The maximum absolute atomic E-state index is 4.17. The van der Waals surface area contributed by atoms with Crippen molar-refractivity contribution in [2.24, 2.45) is 0 Å². The van der Waals surface area contributed by atoms with E-state index in [1.807, 2.05) is 16.9 Å². The fraction of sp³-hybridized carbons (Fsp3) is 0.250. The third-order valence-electron chi connectivity index (χ3n) is 2.33. The van der Waals surface area contributed by atoms with E-state index in [4.69, 9.17) is 0 Å². The molecule has 0 radical (unpaired) electrons. The van der Waals surface area contributed by atoms with Crippen molar-refractivity contribution in [2.45, 2.75) is 19.9 Å². The fourth-order valence-corrected chi connectivity index (χ4v) is 1.46. The van der Waals surface area contributed by atoms with Crippen LogP contribution in [0.3, 0.4) is 0 Å². The molecule has 0 atom stereocenters. The fourth-order valence-electron chi connectivity index (χ4n) is 1.46. The van der Waals surface area contributed by atoms with Gasteiger partial charge in [-0.1, -0.05) is 31.2 Å². The van der Waals surface area contributed by atoms with Crippen LogP contribution in [0.2, 0.25) is 0 Å². The van der Waals surface area contributed by atoms with Gasteiger partial charge in [0.2, 0.25) is 0 Å². The molecular formula is C12H14N2. The van der Waals surface area contributed by atoms with Gasteiger partial charge in [0.15, 0.2) is 0 Å². The first kappa shape index (κ1) is 9.00. The van der Waals surface area contributed by atoms with Crippen molar-refractivity contribution in [3.05, 3.63) is 53.9 Å². The zero-order valence-electron chi connectivity index (χ0n) is 8.35. The zero-order valence-corrected chi connectivity index (χ0v) is 8.35. The number of nitrogens with zero attached hydrogens (tertiary/aromatic N) is 2. The highest BCUT2D eigenvalue weighted by atomic mass is 15.3. The molecule has 14 heavy (non-hydrogen) atoms. The molecule has 0 saturated carbocycles. The molecule has 0 bridgehead atoms. The van der Waals surface area contributed by atoms with E-state index in [9.17, 15) is 0 Å². The molecule has 2 heteroatoms. The van der Waals surface area contributed by atoms with E-state index >= 15 is 0 Å². The molecule has 2 aromatic rings. The van der Waals surface area contributed by atoms with Crippen LogP contribution in [0, 0.1) is 0 Å². The number of benzene rings is 1. The second kappa shape index (κ2) is 4.09. The van der Waals surface area contributed by atoms with Gasteiger partial charge in [0, 0.05) is 12.4 Å². The molecule has 1 heterocycles. The maximum atomic E-state index is 4.17. The number of hydrogen-bond acceptors (Lipinski definition) is 1. The molecule has 0 N–H and O–H groups in total. The summed E-state index contributed by atoms with van der Waals surface area (Å²) in [4.78, 5) is 0. The van der Waals surface area contributed by atoms with E-state index in [-0.39, 0.29) is 0 Å². The Hall–Kier alpha value is -1.57. The maximum Gasteiger partial charge on any atom is 0.0659 e. The molecule has 0 saturated heterocycles. The second-order valence-electron chi connectivity index (χ2n) is 3.37. The average Bonchev–Trinajstić information content (AvgIpc) is 2.72. The van der Waals surface area contributed by atoms with Crippen molar-refractivity contribution in [3.63, 3.8) is 0 Å². The van der Waals surface area contributed by atoms with Crippen LogP contribution in [0.5, 0.6) is 0 Å². The Kier molecular flexibility index (Phi) is 2.63. The van der Waals surface area contributed by atoms with Gasteiger partial charge in [0.25, 0.3) is 0 Å². The lowest BCUT2D eigenvalue weighted by Gasteiger charge is -2.02. The molecule has 0 spiro atoms. The highest BCUT2D eigenvalue weighted by molar-refractivity contribution is 5.22. The topological polar surface area (TPSA) is 17.8 Å². The summed E-state index contributed by atoms with van der Waals surface area (Å²) in [5.41, 5.74) is 2.68. The second-order valence-corrected chi connectivity index (χ2v) is 3.37. The number of hydrogen-bond donors (Lipinski definition) is 0. The Labute approximate surface area is 84.2 Å². The van der Waals surface area contributed by atoms with Crippen LogP contribution in [-0.2, 0) is 13.0 Å². The van der Waals surface area contributed by atoms with Gasteiger partial charge in [-0.2, -0.15) is 5.10 Å². The quantitative estimate of drug-likeness (QED) is 0.720. The monoisotopic (exact) mass is 186 g/mol. The van der Waals surface area contributed by atoms with Crippen molar-refractivity contribution in [1.29, 1.82) is 0 Å². The number of aromatic nitrogens is 2. The highest BCUT2D eigenvalue weighted by Gasteiger charge is 1.94. The van der Waals surface area contributed by atoms with Crippen molar-refractivity contribution < 1.29 is 0 Å². The number of rotatable bonds is 3. The Bertz CT molecular complexity index is 373. The largest absolute Gasteiger partial charge is 0.268 e. The number of aryl methyl sites for hydroxylation is 1.